The second-order valence-corrected chi connectivity index (χ2v) is 3.16. The third-order valence-corrected chi connectivity index (χ3v) is 1.88. The smallest absolute Gasteiger partial charge is 0.345 e. The maximum Gasteiger partial charge on any atom is 0.345 e. The first-order valence-electron chi connectivity index (χ1n) is 4.80. The number of halogens is 2. The van der Waals surface area contributed by atoms with Gasteiger partial charge < -0.3 is 26.7 Å². The van der Waals surface area contributed by atoms with Crippen molar-refractivity contribution in [2.75, 3.05) is 24.7 Å². The van der Waals surface area contributed by atoms with Crippen LogP contribution in [0.15, 0.2) is 6.07 Å². The Kier molecular flexibility index (Phi) is 4.60. The van der Waals surface area contributed by atoms with E-state index in [1.807, 2.05) is 0 Å². The molecular formula is C9H12F2N4O3. The molecule has 0 saturated heterocycles. The number of rotatable bonds is 6. The van der Waals surface area contributed by atoms with Crippen LogP contribution in [0, 0.1) is 0 Å². The quantitative estimate of drug-likeness (QED) is 0.617. The van der Waals surface area contributed by atoms with Crippen molar-refractivity contribution in [1.29, 1.82) is 0 Å². The molecule has 1 rings (SSSR count). The van der Waals surface area contributed by atoms with Crippen LogP contribution in [0.5, 0.6) is 5.88 Å². The van der Waals surface area contributed by atoms with Gasteiger partial charge in [0, 0.05) is 0 Å². The highest BCUT2D eigenvalue weighted by molar-refractivity contribution is 5.96. The Hall–Kier alpha value is -2.16. The van der Waals surface area contributed by atoms with Crippen LogP contribution >= 0.6 is 0 Å². The number of amides is 1. The van der Waals surface area contributed by atoms with E-state index in [9.17, 15) is 13.6 Å². The molecule has 1 heterocycles. The van der Waals surface area contributed by atoms with E-state index in [2.05, 4.69) is 9.72 Å². The van der Waals surface area contributed by atoms with Crippen molar-refractivity contribution in [3.05, 3.63) is 11.6 Å². The summed E-state index contributed by atoms with van der Waals surface area (Å²) in [7, 11) is 0. The van der Waals surface area contributed by atoms with Gasteiger partial charge in [0.1, 0.15) is 12.2 Å². The Balaban J connectivity index is 2.74. The maximum absolute atomic E-state index is 11.7. The van der Waals surface area contributed by atoms with Gasteiger partial charge in [-0.1, -0.05) is 0 Å². The van der Waals surface area contributed by atoms with E-state index < -0.39 is 12.5 Å². The molecule has 6 N–H and O–H groups in total. The van der Waals surface area contributed by atoms with Crippen molar-refractivity contribution in [3.8, 4) is 5.88 Å². The summed E-state index contributed by atoms with van der Waals surface area (Å²) >= 11 is 0. The molecule has 0 aliphatic rings. The minimum atomic E-state index is -2.89. The molecule has 1 amide bonds. The Labute approximate surface area is 101 Å². The number of ether oxygens (including phenoxy) is 2. The predicted octanol–water partition coefficient (Wildman–Crippen LogP) is -0.0371. The number of alkyl halides is 2. The van der Waals surface area contributed by atoms with Gasteiger partial charge in [-0.2, -0.15) is 13.8 Å². The number of hydrogen-bond donors (Lipinski definition) is 3. The molecule has 7 nitrogen and oxygen atoms in total. The highest BCUT2D eigenvalue weighted by Crippen LogP contribution is 2.22. The summed E-state index contributed by atoms with van der Waals surface area (Å²) in [5.74, 6) is -1.05. The van der Waals surface area contributed by atoms with Crippen LogP contribution in [0.2, 0.25) is 0 Å². The lowest BCUT2D eigenvalue weighted by molar-refractivity contribution is -0.133. The Bertz CT molecular complexity index is 442. The lowest BCUT2D eigenvalue weighted by atomic mass is 10.2. The Morgan fingerprint density at radius 3 is 2.61 bits per heavy atom. The molecule has 100 valence electrons. The van der Waals surface area contributed by atoms with Gasteiger partial charge in [0.2, 0.25) is 5.88 Å². The second kappa shape index (κ2) is 5.96. The molecule has 18 heavy (non-hydrogen) atoms. The Morgan fingerprint density at radius 1 is 1.39 bits per heavy atom. The fraction of sp³-hybridized carbons (Fsp3) is 0.333. The van der Waals surface area contributed by atoms with Crippen molar-refractivity contribution in [2.45, 2.75) is 6.61 Å². The summed E-state index contributed by atoms with van der Waals surface area (Å²) in [5, 5.41) is 0. The predicted molar refractivity (Wildman–Crippen MR) is 59.0 cm³/mol. The molecule has 0 radical (unpaired) electrons. The van der Waals surface area contributed by atoms with Crippen molar-refractivity contribution in [3.63, 3.8) is 0 Å². The number of nitrogen functional groups attached to an aromatic ring is 2. The zero-order valence-corrected chi connectivity index (χ0v) is 9.23. The van der Waals surface area contributed by atoms with Crippen LogP contribution in [0.4, 0.5) is 20.3 Å². The van der Waals surface area contributed by atoms with Gasteiger partial charge in [-0.15, -0.1) is 0 Å². The van der Waals surface area contributed by atoms with Gasteiger partial charge in [0.15, 0.2) is 5.82 Å². The molecule has 0 unspecified atom stereocenters. The molecule has 1 aromatic rings. The van der Waals surface area contributed by atoms with Gasteiger partial charge >= 0.3 is 6.61 Å². The number of anilines is 2. The molecule has 1 aromatic heterocycles. The molecule has 0 saturated carbocycles. The summed E-state index contributed by atoms with van der Waals surface area (Å²) in [6, 6.07) is 1.20. The highest BCUT2D eigenvalue weighted by Gasteiger charge is 2.14. The number of nitrogens with zero attached hydrogens (tertiary/aromatic N) is 1. The molecule has 0 bridgehead atoms. The zero-order valence-electron chi connectivity index (χ0n) is 9.23. The van der Waals surface area contributed by atoms with Gasteiger partial charge in [-0.05, 0) is 6.07 Å². The number of hydrogen-bond acceptors (Lipinski definition) is 6. The fourth-order valence-electron chi connectivity index (χ4n) is 1.09. The standard InChI is InChI=1S/C9H12F2N4O3/c10-9(11)18-2-1-17-8-4(7(14)16)3-5(12)6(13)15-8/h3,9H,1-2,12H2,(H2,13,15)(H2,14,16). The summed E-state index contributed by atoms with van der Waals surface area (Å²) < 4.78 is 32.3. The molecule has 0 aliphatic carbocycles. The van der Waals surface area contributed by atoms with Crippen LogP contribution in [0.25, 0.3) is 0 Å². The normalized spacial score (nSPS) is 10.6. The SMILES string of the molecule is NC(=O)c1cc(N)c(N)nc1OCCOC(F)F. The minimum Gasteiger partial charge on any atom is -0.475 e. The van der Waals surface area contributed by atoms with E-state index in [0.29, 0.717) is 0 Å². The molecule has 0 fully saturated rings. The number of nitrogens with two attached hydrogens (primary N) is 3. The molecule has 0 aliphatic heterocycles. The lowest BCUT2D eigenvalue weighted by Gasteiger charge is -2.10. The molecule has 0 atom stereocenters. The third-order valence-electron chi connectivity index (χ3n) is 1.88. The molecular weight excluding hydrogens is 250 g/mol. The van der Waals surface area contributed by atoms with Gasteiger partial charge in [-0.25, -0.2) is 0 Å². The Morgan fingerprint density at radius 2 is 2.06 bits per heavy atom. The number of carbonyl (C=O) groups is 1. The van der Waals surface area contributed by atoms with Crippen LogP contribution in [-0.2, 0) is 4.74 Å². The number of primary amides is 1. The van der Waals surface area contributed by atoms with Gasteiger partial charge in [0.25, 0.3) is 5.91 Å². The molecule has 0 spiro atoms. The van der Waals surface area contributed by atoms with E-state index in [1.165, 1.54) is 6.07 Å². The molecule has 9 heteroatoms. The van der Waals surface area contributed by atoms with Gasteiger partial charge in [0.05, 0.1) is 12.3 Å². The van der Waals surface area contributed by atoms with E-state index in [1.54, 1.807) is 0 Å². The zero-order chi connectivity index (χ0) is 13.7. The summed E-state index contributed by atoms with van der Waals surface area (Å²) in [4.78, 5) is 14.8. The van der Waals surface area contributed by atoms with Crippen molar-refractivity contribution < 1.29 is 23.0 Å². The maximum atomic E-state index is 11.7. The van der Waals surface area contributed by atoms with Crippen LogP contribution in [0.1, 0.15) is 10.4 Å². The van der Waals surface area contributed by atoms with E-state index in [-0.39, 0.29) is 36.2 Å². The lowest BCUT2D eigenvalue weighted by Crippen LogP contribution is -2.17. The number of carbonyl (C=O) groups excluding carboxylic acids is 1. The fourth-order valence-corrected chi connectivity index (χ4v) is 1.09. The summed E-state index contributed by atoms with van der Waals surface area (Å²) in [6.07, 6.45) is 0. The van der Waals surface area contributed by atoms with E-state index in [0.717, 1.165) is 0 Å². The first-order chi connectivity index (χ1) is 8.41. The van der Waals surface area contributed by atoms with Crippen LogP contribution in [-0.4, -0.2) is 30.7 Å². The van der Waals surface area contributed by atoms with Crippen LogP contribution < -0.4 is 21.9 Å². The summed E-state index contributed by atoms with van der Waals surface area (Å²) in [5.41, 5.74) is 15.9. The third kappa shape index (κ3) is 3.70. The monoisotopic (exact) mass is 262 g/mol. The summed E-state index contributed by atoms with van der Waals surface area (Å²) in [6.45, 7) is -3.50. The average Bonchev–Trinajstić information content (AvgIpc) is 2.28. The van der Waals surface area contributed by atoms with Crippen molar-refractivity contribution in [2.24, 2.45) is 5.73 Å². The average molecular weight is 262 g/mol. The topological polar surface area (TPSA) is 126 Å². The molecule has 0 aromatic carbocycles. The number of aromatic nitrogens is 1. The first kappa shape index (κ1) is 13.9. The first-order valence-corrected chi connectivity index (χ1v) is 4.80. The van der Waals surface area contributed by atoms with Crippen LogP contribution in [0.3, 0.4) is 0 Å². The number of pyridine rings is 1. The van der Waals surface area contributed by atoms with Crippen molar-refractivity contribution >= 4 is 17.4 Å². The van der Waals surface area contributed by atoms with E-state index in [4.69, 9.17) is 21.9 Å². The minimum absolute atomic E-state index is 0.0511. The van der Waals surface area contributed by atoms with Crippen molar-refractivity contribution in [1.82, 2.24) is 4.98 Å². The van der Waals surface area contributed by atoms with Gasteiger partial charge in [-0.3, -0.25) is 4.79 Å². The second-order valence-electron chi connectivity index (χ2n) is 3.16. The highest BCUT2D eigenvalue weighted by atomic mass is 19.3. The van der Waals surface area contributed by atoms with E-state index >= 15 is 0 Å². The largest absolute Gasteiger partial charge is 0.475 e.